The van der Waals surface area contributed by atoms with E-state index in [2.05, 4.69) is 22.5 Å². The Labute approximate surface area is 332 Å². The van der Waals surface area contributed by atoms with E-state index < -0.39 is 11.9 Å². The first-order chi connectivity index (χ1) is 27.6. The minimum atomic E-state index is -0.949. The number of hydrogen-bond donors (Lipinski definition) is 5. The molecule has 18 nitrogen and oxygen atoms in total. The average molecular weight is 800 g/mol. The first-order valence-corrected chi connectivity index (χ1v) is 19.1. The summed E-state index contributed by atoms with van der Waals surface area (Å²) in [4.78, 5) is 69.4. The van der Waals surface area contributed by atoms with Crippen LogP contribution >= 0.6 is 0 Å². The van der Waals surface area contributed by atoms with Crippen molar-refractivity contribution in [2.75, 3.05) is 131 Å². The Morgan fingerprint density at radius 3 is 1.68 bits per heavy atom. The van der Waals surface area contributed by atoms with Crippen molar-refractivity contribution in [2.24, 2.45) is 0 Å². The van der Waals surface area contributed by atoms with Crippen LogP contribution in [0.1, 0.15) is 17.3 Å². The van der Waals surface area contributed by atoms with Crippen molar-refractivity contribution >= 4 is 52.0 Å². The minimum absolute atomic E-state index is 0.0921. The van der Waals surface area contributed by atoms with Gasteiger partial charge in [-0.1, -0.05) is 37.3 Å². The number of aliphatic carboxylic acids is 2. The Bertz CT molecular complexity index is 1700. The third-order valence-electron chi connectivity index (χ3n) is 9.10. The van der Waals surface area contributed by atoms with Gasteiger partial charge in [0.1, 0.15) is 0 Å². The third kappa shape index (κ3) is 18.3. The molecule has 0 aliphatic carbocycles. The molecule has 1 aromatic heterocycles. The number of carbonyl (C=O) groups is 5. The Hall–Kier alpha value is -4.82. The fourth-order valence-electron chi connectivity index (χ4n) is 6.13. The lowest BCUT2D eigenvalue weighted by Crippen LogP contribution is -2.49. The highest BCUT2D eigenvalue weighted by atomic mass is 16.5. The average Bonchev–Trinajstić information content (AvgIpc) is 3.18. The molecule has 0 bridgehead atoms. The molecule has 0 saturated carbocycles. The first-order valence-electron chi connectivity index (χ1n) is 19.1. The van der Waals surface area contributed by atoms with Crippen LogP contribution in [0.4, 0.5) is 0 Å². The highest BCUT2D eigenvalue weighted by Gasteiger charge is 2.20. The zero-order valence-electron chi connectivity index (χ0n) is 32.7. The second-order valence-electron chi connectivity index (χ2n) is 13.2. The summed E-state index contributed by atoms with van der Waals surface area (Å²) in [5, 5.41) is 33.3. The van der Waals surface area contributed by atoms with Gasteiger partial charge in [0.2, 0.25) is 5.91 Å². The number of ether oxygens (including phenoxy) is 3. The largest absolute Gasteiger partial charge is 0.483 e. The molecular weight excluding hydrogens is 742 g/mol. The molecule has 4 rings (SSSR count). The molecule has 0 spiro atoms. The molecule has 1 fully saturated rings. The van der Waals surface area contributed by atoms with Gasteiger partial charge in [-0.05, 0) is 24.7 Å². The Morgan fingerprint density at radius 2 is 1.14 bits per heavy atom. The number of carboxylic acid groups (broad SMARTS) is 3. The number of carboxylic acids is 2. The number of benzene rings is 2. The maximum Gasteiger partial charge on any atom is 0.317 e. The fraction of sp³-hybridized carbons (Fsp3) is 0.538. The summed E-state index contributed by atoms with van der Waals surface area (Å²) < 4.78 is 16.7. The molecule has 1 aliphatic rings. The summed E-state index contributed by atoms with van der Waals surface area (Å²) in [5.74, 6) is -2.20. The van der Waals surface area contributed by atoms with Gasteiger partial charge in [-0.2, -0.15) is 0 Å². The number of rotatable bonds is 20. The second kappa shape index (κ2) is 26.9. The van der Waals surface area contributed by atoms with Gasteiger partial charge in [-0.3, -0.25) is 38.7 Å². The summed E-state index contributed by atoms with van der Waals surface area (Å²) in [6.07, 6.45) is 0. The molecule has 5 N–H and O–H groups in total. The van der Waals surface area contributed by atoms with Crippen molar-refractivity contribution in [3.05, 3.63) is 54.1 Å². The summed E-state index contributed by atoms with van der Waals surface area (Å²) in [6, 6.07) is 15.4. The Morgan fingerprint density at radius 1 is 0.667 bits per heavy atom. The Balaban J connectivity index is 0.00000281. The van der Waals surface area contributed by atoms with Gasteiger partial charge in [-0.15, -0.1) is 0 Å². The van der Waals surface area contributed by atoms with Crippen molar-refractivity contribution in [2.45, 2.75) is 6.92 Å². The minimum Gasteiger partial charge on any atom is -0.483 e. The number of fused-ring (bicyclic) bond motifs is 2. The van der Waals surface area contributed by atoms with Gasteiger partial charge < -0.3 is 45.1 Å². The van der Waals surface area contributed by atoms with E-state index in [0.29, 0.717) is 116 Å². The molecule has 1 saturated heterocycles. The van der Waals surface area contributed by atoms with Crippen LogP contribution in [0, 0.1) is 0 Å². The van der Waals surface area contributed by atoms with E-state index in [4.69, 9.17) is 29.1 Å². The number of amides is 2. The van der Waals surface area contributed by atoms with Gasteiger partial charge in [0, 0.05) is 76.2 Å². The van der Waals surface area contributed by atoms with Crippen LogP contribution in [0.2, 0.25) is 0 Å². The zero-order valence-corrected chi connectivity index (χ0v) is 32.7. The number of carbonyl (C=O) groups excluding carboxylic acids is 2. The summed E-state index contributed by atoms with van der Waals surface area (Å²) in [5.41, 5.74) is 2.03. The van der Waals surface area contributed by atoms with Gasteiger partial charge in [0.15, 0.2) is 0 Å². The monoisotopic (exact) mass is 799 g/mol. The molecule has 2 amide bonds. The molecule has 0 radical (unpaired) electrons. The van der Waals surface area contributed by atoms with Crippen molar-refractivity contribution in [1.82, 2.24) is 35.2 Å². The highest BCUT2D eigenvalue weighted by molar-refractivity contribution is 6.07. The van der Waals surface area contributed by atoms with E-state index >= 15 is 0 Å². The van der Waals surface area contributed by atoms with Crippen LogP contribution in [0.5, 0.6) is 0 Å². The molecule has 314 valence electrons. The van der Waals surface area contributed by atoms with E-state index in [1.807, 2.05) is 52.3 Å². The number of nitrogens with one attached hydrogen (secondary N) is 2. The van der Waals surface area contributed by atoms with Crippen molar-refractivity contribution in [1.29, 1.82) is 0 Å². The number of pyridine rings is 1. The predicted molar refractivity (Wildman–Crippen MR) is 212 cm³/mol. The topological polar surface area (TPSA) is 224 Å². The summed E-state index contributed by atoms with van der Waals surface area (Å²) >= 11 is 0. The molecule has 0 unspecified atom stereocenters. The zero-order chi connectivity index (χ0) is 41.3. The van der Waals surface area contributed by atoms with E-state index in [1.54, 1.807) is 11.0 Å². The molecule has 3 aromatic rings. The van der Waals surface area contributed by atoms with E-state index in [-0.39, 0.29) is 37.9 Å². The van der Waals surface area contributed by atoms with Crippen LogP contribution in [-0.4, -0.2) is 201 Å². The smallest absolute Gasteiger partial charge is 0.317 e. The van der Waals surface area contributed by atoms with Crippen LogP contribution in [0.3, 0.4) is 0 Å². The number of nitrogens with zero attached hydrogens (tertiary/aromatic N) is 5. The van der Waals surface area contributed by atoms with Gasteiger partial charge in [0.25, 0.3) is 12.4 Å². The van der Waals surface area contributed by atoms with Gasteiger partial charge in [-0.25, -0.2) is 4.98 Å². The van der Waals surface area contributed by atoms with Crippen LogP contribution < -0.4 is 10.6 Å². The van der Waals surface area contributed by atoms with E-state index in [0.717, 1.165) is 22.8 Å². The number of hydrogen-bond acceptors (Lipinski definition) is 13. The van der Waals surface area contributed by atoms with Crippen molar-refractivity contribution in [3.63, 3.8) is 0 Å². The summed E-state index contributed by atoms with van der Waals surface area (Å²) in [7, 11) is 0. The molecule has 1 aliphatic heterocycles. The van der Waals surface area contributed by atoms with Gasteiger partial charge in [0.05, 0.1) is 75.9 Å². The number of para-hydroxylation sites is 2. The highest BCUT2D eigenvalue weighted by Crippen LogP contribution is 2.22. The third-order valence-corrected chi connectivity index (χ3v) is 9.10. The lowest BCUT2D eigenvalue weighted by molar-refractivity contribution is -0.140. The molecule has 2 aromatic carbocycles. The van der Waals surface area contributed by atoms with Crippen LogP contribution in [0.15, 0.2) is 48.5 Å². The summed E-state index contributed by atoms with van der Waals surface area (Å²) in [6.45, 7) is 9.76. The van der Waals surface area contributed by atoms with Gasteiger partial charge >= 0.3 is 11.9 Å². The SMILES string of the molecule is CCN1CCN(CC(=O)O)CCN(CC(=O)O)CCN(CC(=O)NCCOCCOCCOCCNC(=O)c2cccc3cc4ccccc4nc23)CC1.O=CO. The molecule has 2 heterocycles. The Kier molecular flexibility index (Phi) is 22.0. The normalized spacial score (nSPS) is 15.2. The van der Waals surface area contributed by atoms with Crippen LogP contribution in [0.25, 0.3) is 21.8 Å². The lowest BCUT2D eigenvalue weighted by atomic mass is 10.1. The van der Waals surface area contributed by atoms with Crippen LogP contribution in [-0.2, 0) is 33.4 Å². The second-order valence-corrected chi connectivity index (χ2v) is 13.2. The fourth-order valence-corrected chi connectivity index (χ4v) is 6.13. The standard InChI is InChI=1S/C38H55N7O9.CH2O2/c1-2-42-12-14-43(16-17-45(29-36(49)50)19-18-44(15-13-42)28-35(47)48)27-34(46)39-10-20-52-22-24-54-25-23-53-21-11-40-38(51)32-8-5-7-31-26-30-6-3-4-9-33(30)41-37(31)32;2-1-3/h3-9,26H,2,10-25,27-29H2,1H3,(H,39,46)(H,40,51)(H,47,48)(H,49,50);1H,(H,2,3). The van der Waals surface area contributed by atoms with E-state index in [1.165, 1.54) is 0 Å². The lowest BCUT2D eigenvalue weighted by Gasteiger charge is -2.33. The van der Waals surface area contributed by atoms with Crippen molar-refractivity contribution < 1.29 is 53.5 Å². The molecular formula is C39H57N7O11. The van der Waals surface area contributed by atoms with Crippen molar-refractivity contribution in [3.8, 4) is 0 Å². The number of aromatic nitrogens is 1. The number of likely N-dealkylation sites (N-methyl/N-ethyl adjacent to an activating group) is 1. The molecule has 0 atom stereocenters. The maximum atomic E-state index is 12.9. The molecule has 57 heavy (non-hydrogen) atoms. The first kappa shape index (κ1) is 46.6. The maximum absolute atomic E-state index is 12.9. The predicted octanol–water partition coefficient (Wildman–Crippen LogP) is 0.395. The molecule has 18 heteroatoms. The quantitative estimate of drug-likeness (QED) is 0.0593. The van der Waals surface area contributed by atoms with E-state index in [9.17, 15) is 29.4 Å².